The highest BCUT2D eigenvalue weighted by molar-refractivity contribution is 5.20. The maximum Gasteiger partial charge on any atom is 0.220 e. The molecule has 0 bridgehead atoms. The Hall–Kier alpha value is -1.16. The van der Waals surface area contributed by atoms with Gasteiger partial charge >= 0.3 is 0 Å². The van der Waals surface area contributed by atoms with Crippen LogP contribution in [0.25, 0.3) is 0 Å². The van der Waals surface area contributed by atoms with Crippen LogP contribution in [0.5, 0.6) is 0 Å². The second-order valence-electron chi connectivity index (χ2n) is 3.03. The predicted octanol–water partition coefficient (Wildman–Crippen LogP) is 0.136. The normalized spacial score (nSPS) is 22.8. The van der Waals surface area contributed by atoms with E-state index < -0.39 is 0 Å². The summed E-state index contributed by atoms with van der Waals surface area (Å²) in [5.74, 6) is 0.898. The van der Waals surface area contributed by atoms with Crippen LogP contribution in [0.2, 0.25) is 0 Å². The van der Waals surface area contributed by atoms with Gasteiger partial charge in [-0.05, 0) is 19.0 Å². The van der Waals surface area contributed by atoms with E-state index >= 15 is 0 Å². The van der Waals surface area contributed by atoms with Crippen LogP contribution in [0.3, 0.4) is 0 Å². The molecule has 1 saturated heterocycles. The van der Waals surface area contributed by atoms with Gasteiger partial charge in [0.25, 0.3) is 0 Å². The molecule has 1 aromatic rings. The first kappa shape index (κ1) is 7.49. The molecule has 1 aliphatic rings. The third kappa shape index (κ3) is 1.38. The van der Waals surface area contributed by atoms with Gasteiger partial charge in [-0.3, -0.25) is 0 Å². The predicted molar refractivity (Wildman–Crippen MR) is 46.7 cm³/mol. The summed E-state index contributed by atoms with van der Waals surface area (Å²) >= 11 is 0. The third-order valence-electron chi connectivity index (χ3n) is 2.17. The van der Waals surface area contributed by atoms with E-state index in [1.165, 1.54) is 0 Å². The van der Waals surface area contributed by atoms with Gasteiger partial charge in [0.15, 0.2) is 0 Å². The van der Waals surface area contributed by atoms with E-state index in [-0.39, 0.29) is 0 Å². The van der Waals surface area contributed by atoms with E-state index in [0.717, 1.165) is 25.2 Å². The zero-order valence-corrected chi connectivity index (χ0v) is 6.83. The molecule has 0 aliphatic carbocycles. The van der Waals surface area contributed by atoms with Gasteiger partial charge in [-0.15, -0.1) is 0 Å². The zero-order valence-electron chi connectivity index (χ0n) is 6.83. The number of nitrogens with one attached hydrogen (secondary N) is 1. The molecule has 4 nitrogen and oxygen atoms in total. The second-order valence-corrected chi connectivity index (χ2v) is 3.03. The number of nitrogen functional groups attached to an aromatic ring is 1. The smallest absolute Gasteiger partial charge is 0.220 e. The third-order valence-corrected chi connectivity index (χ3v) is 2.17. The average molecular weight is 164 g/mol. The van der Waals surface area contributed by atoms with Gasteiger partial charge in [-0.1, -0.05) is 0 Å². The van der Waals surface area contributed by atoms with Crippen molar-refractivity contribution >= 4 is 5.95 Å². The molecule has 1 aliphatic heterocycles. The quantitative estimate of drug-likeness (QED) is 0.619. The first-order valence-electron chi connectivity index (χ1n) is 4.15. The fraction of sp³-hybridized carbons (Fsp3) is 0.500. The van der Waals surface area contributed by atoms with Crippen molar-refractivity contribution in [1.82, 2.24) is 15.3 Å². The largest absolute Gasteiger partial charge is 0.368 e. The Bertz CT molecular complexity index is 268. The first-order chi connectivity index (χ1) is 5.86. The lowest BCUT2D eigenvalue weighted by molar-refractivity contribution is 0.733. The molecule has 0 aromatic carbocycles. The van der Waals surface area contributed by atoms with E-state index in [0.29, 0.717) is 11.9 Å². The molecule has 1 fully saturated rings. The summed E-state index contributed by atoms with van der Waals surface area (Å²) in [6, 6.07) is 1.94. The molecule has 0 amide bonds. The van der Waals surface area contributed by atoms with Crippen molar-refractivity contribution in [2.45, 2.75) is 12.3 Å². The average Bonchev–Trinajstić information content (AvgIpc) is 2.56. The Labute approximate surface area is 71.2 Å². The second kappa shape index (κ2) is 3.06. The Kier molecular flexibility index (Phi) is 1.91. The lowest BCUT2D eigenvalue weighted by Gasteiger charge is -2.06. The monoisotopic (exact) mass is 164 g/mol. The van der Waals surface area contributed by atoms with Crippen molar-refractivity contribution in [3.8, 4) is 0 Å². The topological polar surface area (TPSA) is 63.8 Å². The fourth-order valence-corrected chi connectivity index (χ4v) is 1.52. The van der Waals surface area contributed by atoms with Crippen LogP contribution < -0.4 is 11.1 Å². The van der Waals surface area contributed by atoms with Crippen molar-refractivity contribution in [1.29, 1.82) is 0 Å². The maximum atomic E-state index is 5.48. The molecule has 0 radical (unpaired) electrons. The van der Waals surface area contributed by atoms with Crippen LogP contribution in [0.4, 0.5) is 5.95 Å². The Morgan fingerprint density at radius 1 is 1.58 bits per heavy atom. The van der Waals surface area contributed by atoms with Gasteiger partial charge in [0, 0.05) is 18.7 Å². The molecule has 3 N–H and O–H groups in total. The van der Waals surface area contributed by atoms with Gasteiger partial charge in [-0.25, -0.2) is 9.97 Å². The van der Waals surface area contributed by atoms with Crippen LogP contribution in [0.1, 0.15) is 18.0 Å². The van der Waals surface area contributed by atoms with Crippen LogP contribution in [-0.2, 0) is 0 Å². The van der Waals surface area contributed by atoms with Crippen molar-refractivity contribution in [3.05, 3.63) is 18.0 Å². The van der Waals surface area contributed by atoms with Crippen LogP contribution in [0.15, 0.2) is 12.3 Å². The number of rotatable bonds is 1. The van der Waals surface area contributed by atoms with E-state index in [1.807, 2.05) is 6.07 Å². The molecular formula is C8H12N4. The standard InChI is InChI=1S/C8H12N4/c9-8-11-4-2-7(12-8)6-1-3-10-5-6/h2,4,6,10H,1,3,5H2,(H2,9,11,12)/t6-/m0/s1. The van der Waals surface area contributed by atoms with Gasteiger partial charge in [-0.2, -0.15) is 0 Å². The molecule has 0 unspecified atom stereocenters. The highest BCUT2D eigenvalue weighted by Crippen LogP contribution is 2.19. The van der Waals surface area contributed by atoms with Crippen molar-refractivity contribution in [3.63, 3.8) is 0 Å². The molecule has 64 valence electrons. The number of hydrogen-bond acceptors (Lipinski definition) is 4. The molecular weight excluding hydrogens is 152 g/mol. The van der Waals surface area contributed by atoms with E-state index in [9.17, 15) is 0 Å². The minimum Gasteiger partial charge on any atom is -0.368 e. The SMILES string of the molecule is Nc1nccc([C@H]2CCNC2)n1. The lowest BCUT2D eigenvalue weighted by atomic mass is 10.1. The van der Waals surface area contributed by atoms with Gasteiger partial charge in [0.2, 0.25) is 5.95 Å². The van der Waals surface area contributed by atoms with E-state index in [2.05, 4.69) is 15.3 Å². The molecule has 0 spiro atoms. The number of nitrogens with two attached hydrogens (primary N) is 1. The minimum absolute atomic E-state index is 0.374. The maximum absolute atomic E-state index is 5.48. The van der Waals surface area contributed by atoms with Gasteiger partial charge < -0.3 is 11.1 Å². The Morgan fingerprint density at radius 2 is 2.50 bits per heavy atom. The summed E-state index contributed by atoms with van der Waals surface area (Å²) in [4.78, 5) is 8.04. The number of aromatic nitrogens is 2. The zero-order chi connectivity index (χ0) is 8.39. The van der Waals surface area contributed by atoms with Crippen molar-refractivity contribution in [2.75, 3.05) is 18.8 Å². The number of hydrogen-bond donors (Lipinski definition) is 2. The Morgan fingerprint density at radius 3 is 3.17 bits per heavy atom. The van der Waals surface area contributed by atoms with Gasteiger partial charge in [0.05, 0.1) is 5.69 Å². The van der Waals surface area contributed by atoms with Crippen LogP contribution in [-0.4, -0.2) is 23.1 Å². The number of anilines is 1. The first-order valence-corrected chi connectivity index (χ1v) is 4.15. The summed E-state index contributed by atoms with van der Waals surface area (Å²) in [6.07, 6.45) is 2.87. The summed E-state index contributed by atoms with van der Waals surface area (Å²) in [7, 11) is 0. The minimum atomic E-state index is 0.374. The van der Waals surface area contributed by atoms with E-state index in [1.54, 1.807) is 6.20 Å². The van der Waals surface area contributed by atoms with Crippen molar-refractivity contribution in [2.24, 2.45) is 0 Å². The summed E-state index contributed by atoms with van der Waals surface area (Å²) in [6.45, 7) is 2.09. The van der Waals surface area contributed by atoms with Crippen LogP contribution >= 0.6 is 0 Å². The number of nitrogens with zero attached hydrogens (tertiary/aromatic N) is 2. The van der Waals surface area contributed by atoms with Crippen LogP contribution in [0, 0.1) is 0 Å². The van der Waals surface area contributed by atoms with Crippen molar-refractivity contribution < 1.29 is 0 Å². The summed E-state index contributed by atoms with van der Waals surface area (Å²) < 4.78 is 0. The highest BCUT2D eigenvalue weighted by atomic mass is 15.0. The molecule has 1 atom stereocenters. The Balaban J connectivity index is 2.21. The molecule has 12 heavy (non-hydrogen) atoms. The van der Waals surface area contributed by atoms with E-state index in [4.69, 9.17) is 5.73 Å². The molecule has 0 saturated carbocycles. The lowest BCUT2D eigenvalue weighted by Crippen LogP contribution is -2.09. The molecule has 2 rings (SSSR count). The summed E-state index contributed by atoms with van der Waals surface area (Å²) in [5.41, 5.74) is 6.55. The van der Waals surface area contributed by atoms with Gasteiger partial charge in [0.1, 0.15) is 0 Å². The molecule has 4 heteroatoms. The summed E-state index contributed by atoms with van der Waals surface area (Å²) in [5, 5.41) is 3.29. The fourth-order valence-electron chi connectivity index (χ4n) is 1.52. The molecule has 1 aromatic heterocycles. The molecule has 2 heterocycles. The highest BCUT2D eigenvalue weighted by Gasteiger charge is 2.17.